The molecule has 4 nitrogen and oxygen atoms in total. The summed E-state index contributed by atoms with van der Waals surface area (Å²) in [5, 5.41) is 8.79. The molecule has 1 aromatic rings. The van der Waals surface area contributed by atoms with Gasteiger partial charge < -0.3 is 20.3 Å². The molecule has 3 N–H and O–H groups in total. The fourth-order valence-corrected chi connectivity index (χ4v) is 1.47. The first-order valence-corrected chi connectivity index (χ1v) is 5.50. The second-order valence-electron chi connectivity index (χ2n) is 3.95. The number of ether oxygens (including phenoxy) is 2. The van der Waals surface area contributed by atoms with E-state index in [9.17, 15) is 0 Å². The molecule has 0 aliphatic carbocycles. The lowest BCUT2D eigenvalue weighted by molar-refractivity contribution is 0.262. The first-order chi connectivity index (χ1) is 7.79. The molecule has 1 saturated heterocycles. The van der Waals surface area contributed by atoms with Crippen LogP contribution in [0.15, 0.2) is 24.3 Å². The van der Waals surface area contributed by atoms with Crippen LogP contribution in [-0.2, 0) is 4.74 Å². The van der Waals surface area contributed by atoms with E-state index in [0.717, 1.165) is 17.9 Å². The molecule has 17 heavy (non-hydrogen) atoms. The molecule has 1 aliphatic rings. The first-order valence-electron chi connectivity index (χ1n) is 5.50. The summed E-state index contributed by atoms with van der Waals surface area (Å²) in [7, 11) is 0. The van der Waals surface area contributed by atoms with Crippen LogP contribution in [0, 0.1) is 0 Å². The second kappa shape index (κ2) is 6.81. The highest BCUT2D eigenvalue weighted by molar-refractivity contribution is 5.85. The predicted molar refractivity (Wildman–Crippen MR) is 67.6 cm³/mol. The lowest BCUT2D eigenvalue weighted by Crippen LogP contribution is -2.11. The van der Waals surface area contributed by atoms with Crippen molar-refractivity contribution in [3.63, 3.8) is 0 Å². The van der Waals surface area contributed by atoms with Crippen molar-refractivity contribution in [3.8, 4) is 5.75 Å². The third-order valence-corrected chi connectivity index (χ3v) is 2.59. The van der Waals surface area contributed by atoms with Gasteiger partial charge in [0.2, 0.25) is 0 Å². The average Bonchev–Trinajstić information content (AvgIpc) is 3.11. The molecular weight excluding hydrogens is 242 g/mol. The molecule has 2 rings (SSSR count). The van der Waals surface area contributed by atoms with Crippen molar-refractivity contribution in [2.24, 2.45) is 5.73 Å². The highest BCUT2D eigenvalue weighted by atomic mass is 35.5. The summed E-state index contributed by atoms with van der Waals surface area (Å²) in [6.45, 7) is 1.53. The maximum Gasteiger partial charge on any atom is 0.119 e. The summed E-state index contributed by atoms with van der Waals surface area (Å²) in [4.78, 5) is 0. The van der Waals surface area contributed by atoms with Crippen LogP contribution in [0.1, 0.15) is 18.0 Å². The van der Waals surface area contributed by atoms with Gasteiger partial charge in [0.15, 0.2) is 0 Å². The van der Waals surface area contributed by atoms with E-state index >= 15 is 0 Å². The van der Waals surface area contributed by atoms with Crippen LogP contribution in [0.25, 0.3) is 0 Å². The van der Waals surface area contributed by atoms with E-state index in [1.807, 2.05) is 24.3 Å². The third-order valence-electron chi connectivity index (χ3n) is 2.59. The van der Waals surface area contributed by atoms with Gasteiger partial charge in [0.1, 0.15) is 18.5 Å². The summed E-state index contributed by atoms with van der Waals surface area (Å²) in [6, 6.07) is 7.56. The smallest absolute Gasteiger partial charge is 0.119 e. The molecule has 2 atom stereocenters. The Morgan fingerprint density at radius 1 is 1.41 bits per heavy atom. The Labute approximate surface area is 107 Å². The van der Waals surface area contributed by atoms with Gasteiger partial charge in [0, 0.05) is 12.6 Å². The summed E-state index contributed by atoms with van der Waals surface area (Å²) in [5.74, 6) is 0.829. The van der Waals surface area contributed by atoms with Crippen LogP contribution < -0.4 is 10.5 Å². The van der Waals surface area contributed by atoms with Crippen LogP contribution in [0.4, 0.5) is 0 Å². The number of hydrogen-bond donors (Lipinski definition) is 2. The first kappa shape index (κ1) is 14.3. The Morgan fingerprint density at radius 2 is 2.06 bits per heavy atom. The molecule has 1 aromatic carbocycles. The zero-order valence-corrected chi connectivity index (χ0v) is 10.4. The van der Waals surface area contributed by atoms with E-state index in [2.05, 4.69) is 0 Å². The number of rotatable bonds is 6. The average molecular weight is 260 g/mol. The monoisotopic (exact) mass is 259 g/mol. The Balaban J connectivity index is 0.00000144. The number of aliphatic hydroxyl groups is 1. The van der Waals surface area contributed by atoms with Crippen LogP contribution >= 0.6 is 12.4 Å². The molecule has 0 saturated carbocycles. The van der Waals surface area contributed by atoms with E-state index in [4.69, 9.17) is 20.3 Å². The number of benzene rings is 1. The third kappa shape index (κ3) is 4.52. The molecule has 5 heteroatoms. The van der Waals surface area contributed by atoms with Crippen molar-refractivity contribution in [3.05, 3.63) is 29.8 Å². The van der Waals surface area contributed by atoms with Gasteiger partial charge in [-0.3, -0.25) is 0 Å². The van der Waals surface area contributed by atoms with E-state index < -0.39 is 0 Å². The molecule has 0 spiro atoms. The minimum absolute atomic E-state index is 0. The lowest BCUT2D eigenvalue weighted by Gasteiger charge is -2.11. The molecule has 0 amide bonds. The zero-order valence-electron chi connectivity index (χ0n) is 9.54. The normalized spacial score (nSPS) is 19.3. The summed E-state index contributed by atoms with van der Waals surface area (Å²) in [6.07, 6.45) is 0.854. The lowest BCUT2D eigenvalue weighted by atomic mass is 10.1. The predicted octanol–water partition coefficient (Wildman–Crippen LogP) is 1.27. The van der Waals surface area contributed by atoms with E-state index in [1.165, 1.54) is 0 Å². The van der Waals surface area contributed by atoms with Crippen molar-refractivity contribution in [2.75, 3.05) is 19.8 Å². The van der Waals surface area contributed by atoms with Gasteiger partial charge in [0.25, 0.3) is 0 Å². The quantitative estimate of drug-likeness (QED) is 0.755. The number of halogens is 1. The maximum absolute atomic E-state index is 8.79. The van der Waals surface area contributed by atoms with Crippen molar-refractivity contribution >= 4 is 12.4 Å². The van der Waals surface area contributed by atoms with Crippen molar-refractivity contribution in [1.29, 1.82) is 0 Å². The number of aliphatic hydroxyl groups excluding tert-OH is 1. The van der Waals surface area contributed by atoms with Crippen molar-refractivity contribution in [1.82, 2.24) is 0 Å². The number of epoxide rings is 1. The Morgan fingerprint density at radius 3 is 2.59 bits per heavy atom. The van der Waals surface area contributed by atoms with Crippen LogP contribution in [-0.4, -0.2) is 31.0 Å². The Kier molecular flexibility index (Phi) is 5.71. The highest BCUT2D eigenvalue weighted by Gasteiger charge is 2.22. The molecule has 0 aromatic heterocycles. The van der Waals surface area contributed by atoms with Gasteiger partial charge >= 0.3 is 0 Å². The molecular formula is C12H18ClNO3. The summed E-state index contributed by atoms with van der Waals surface area (Å²) in [5.41, 5.74) is 6.88. The van der Waals surface area contributed by atoms with E-state index in [1.54, 1.807) is 0 Å². The molecule has 0 radical (unpaired) electrons. The SMILES string of the molecule is Cl.NC(CCO)c1ccc(OCC2CO2)cc1. The zero-order chi connectivity index (χ0) is 11.4. The van der Waals surface area contributed by atoms with E-state index in [-0.39, 0.29) is 31.2 Å². The number of hydrogen-bond acceptors (Lipinski definition) is 4. The maximum atomic E-state index is 8.79. The van der Waals surface area contributed by atoms with E-state index in [0.29, 0.717) is 13.0 Å². The van der Waals surface area contributed by atoms with Crippen molar-refractivity contribution in [2.45, 2.75) is 18.6 Å². The topological polar surface area (TPSA) is 68.0 Å². The standard InChI is InChI=1S/C12H17NO3.ClH/c13-12(5-6-14)9-1-3-10(4-2-9)15-7-11-8-16-11;/h1-4,11-12,14H,5-8,13H2;1H. The second-order valence-corrected chi connectivity index (χ2v) is 3.95. The van der Waals surface area contributed by atoms with Gasteiger partial charge in [-0.1, -0.05) is 12.1 Å². The Hall–Kier alpha value is -0.810. The fraction of sp³-hybridized carbons (Fsp3) is 0.500. The van der Waals surface area contributed by atoms with Gasteiger partial charge in [0.05, 0.1) is 6.61 Å². The minimum atomic E-state index is -0.106. The number of nitrogens with two attached hydrogens (primary N) is 1. The van der Waals surface area contributed by atoms with Gasteiger partial charge in [-0.15, -0.1) is 12.4 Å². The Bertz CT molecular complexity index is 327. The van der Waals surface area contributed by atoms with Crippen LogP contribution in [0.3, 0.4) is 0 Å². The molecule has 1 aliphatic heterocycles. The van der Waals surface area contributed by atoms with Gasteiger partial charge in [-0.2, -0.15) is 0 Å². The molecule has 96 valence electrons. The summed E-state index contributed by atoms with van der Waals surface area (Å²) < 4.78 is 10.6. The minimum Gasteiger partial charge on any atom is -0.491 e. The largest absolute Gasteiger partial charge is 0.491 e. The fourth-order valence-electron chi connectivity index (χ4n) is 1.47. The summed E-state index contributed by atoms with van der Waals surface area (Å²) >= 11 is 0. The van der Waals surface area contributed by atoms with Crippen LogP contribution in [0.2, 0.25) is 0 Å². The highest BCUT2D eigenvalue weighted by Crippen LogP contribution is 2.19. The van der Waals surface area contributed by atoms with Gasteiger partial charge in [-0.05, 0) is 24.1 Å². The van der Waals surface area contributed by atoms with Crippen molar-refractivity contribution < 1.29 is 14.6 Å². The molecule has 2 unspecified atom stereocenters. The molecule has 0 bridgehead atoms. The molecule has 1 fully saturated rings. The van der Waals surface area contributed by atoms with Crippen LogP contribution in [0.5, 0.6) is 5.75 Å². The molecule has 1 heterocycles. The van der Waals surface area contributed by atoms with Gasteiger partial charge in [-0.25, -0.2) is 0 Å².